The summed E-state index contributed by atoms with van der Waals surface area (Å²) in [7, 11) is 0. The van der Waals surface area contributed by atoms with E-state index in [1.807, 2.05) is 0 Å². The van der Waals surface area contributed by atoms with E-state index >= 15 is 0 Å². The zero-order chi connectivity index (χ0) is 50.1. The van der Waals surface area contributed by atoms with E-state index in [9.17, 15) is 14.7 Å². The maximum atomic E-state index is 13.5. The van der Waals surface area contributed by atoms with Gasteiger partial charge < -0.3 is 19.8 Å². The Bertz CT molecular complexity index is 976. The van der Waals surface area contributed by atoms with Gasteiger partial charge in [-0.3, -0.25) is 9.59 Å². The molecule has 1 fully saturated rings. The Morgan fingerprint density at radius 2 is 0.594 bits per heavy atom. The number of aliphatic hydroxyl groups excluding tert-OH is 1. The fraction of sp³-hybridized carbons (Fsp3) is 0.968. The predicted octanol–water partition coefficient (Wildman–Crippen LogP) is 18.7. The van der Waals surface area contributed by atoms with Crippen molar-refractivity contribution in [1.82, 2.24) is 14.7 Å². The second kappa shape index (κ2) is 50.4. The number of carbonyl (C=O) groups is 2. The molecule has 6 heteroatoms. The van der Waals surface area contributed by atoms with Crippen LogP contribution in [0.4, 0.5) is 0 Å². The molecule has 3 atom stereocenters. The molecule has 0 bridgehead atoms. The Morgan fingerprint density at radius 1 is 0.348 bits per heavy atom. The van der Waals surface area contributed by atoms with Gasteiger partial charge in [0, 0.05) is 45.1 Å². The summed E-state index contributed by atoms with van der Waals surface area (Å²) in [4.78, 5) is 34.3. The Labute approximate surface area is 433 Å². The van der Waals surface area contributed by atoms with E-state index in [4.69, 9.17) is 0 Å². The van der Waals surface area contributed by atoms with Crippen LogP contribution in [0.25, 0.3) is 0 Å². The van der Waals surface area contributed by atoms with Crippen molar-refractivity contribution in [3.05, 3.63) is 0 Å². The number of unbranched alkanes of at least 4 members (excludes halogenated alkanes) is 36. The number of hydrogen-bond donors (Lipinski definition) is 1. The molecule has 1 N–H and O–H groups in total. The lowest BCUT2D eigenvalue weighted by Gasteiger charge is -2.39. The van der Waals surface area contributed by atoms with E-state index < -0.39 is 0 Å². The molecule has 0 aromatic heterocycles. The SMILES string of the molecule is CCCCCCCCCCN(CCCCCCCCCC)C(=O)CCCCCCCN(CCCCCCCC(=O)N(CCCCCCCCCC)CCCCCCCCCC)[C@@H]1CC[C@@H](O)[C@@H](C)C1. The van der Waals surface area contributed by atoms with Gasteiger partial charge in [-0.2, -0.15) is 0 Å². The van der Waals surface area contributed by atoms with Crippen molar-refractivity contribution < 1.29 is 14.7 Å². The van der Waals surface area contributed by atoms with Gasteiger partial charge in [0.1, 0.15) is 0 Å². The van der Waals surface area contributed by atoms with E-state index in [0.717, 1.165) is 71.1 Å². The number of nitrogens with zero attached hydrogens (tertiary/aromatic N) is 3. The van der Waals surface area contributed by atoms with Gasteiger partial charge in [0.15, 0.2) is 0 Å². The molecule has 69 heavy (non-hydrogen) atoms. The van der Waals surface area contributed by atoms with Crippen molar-refractivity contribution >= 4 is 11.8 Å². The van der Waals surface area contributed by atoms with Crippen molar-refractivity contribution in [2.45, 2.75) is 349 Å². The van der Waals surface area contributed by atoms with Crippen LogP contribution in [0.1, 0.15) is 336 Å². The smallest absolute Gasteiger partial charge is 0.222 e. The Balaban J connectivity index is 2.49. The number of aliphatic hydroxyl groups is 1. The quantitative estimate of drug-likeness (QED) is 0.0617. The first-order valence-electron chi connectivity index (χ1n) is 31.8. The molecule has 0 unspecified atom stereocenters. The molecule has 0 aromatic rings. The van der Waals surface area contributed by atoms with Crippen molar-refractivity contribution in [3.8, 4) is 0 Å². The summed E-state index contributed by atoms with van der Waals surface area (Å²) < 4.78 is 0. The first-order chi connectivity index (χ1) is 33.9. The maximum Gasteiger partial charge on any atom is 0.222 e. The van der Waals surface area contributed by atoms with Crippen LogP contribution in [-0.4, -0.2) is 83.0 Å². The zero-order valence-electron chi connectivity index (χ0n) is 47.8. The summed E-state index contributed by atoms with van der Waals surface area (Å²) >= 11 is 0. The van der Waals surface area contributed by atoms with Gasteiger partial charge in [-0.1, -0.05) is 253 Å². The normalized spacial score (nSPS) is 16.2. The van der Waals surface area contributed by atoms with E-state index in [0.29, 0.717) is 23.8 Å². The van der Waals surface area contributed by atoms with Crippen LogP contribution < -0.4 is 0 Å². The minimum absolute atomic E-state index is 0.137. The largest absolute Gasteiger partial charge is 0.393 e. The molecule has 6 nitrogen and oxygen atoms in total. The highest BCUT2D eigenvalue weighted by atomic mass is 16.3. The van der Waals surface area contributed by atoms with Gasteiger partial charge in [-0.25, -0.2) is 0 Å². The van der Waals surface area contributed by atoms with Gasteiger partial charge in [0.2, 0.25) is 11.8 Å². The van der Waals surface area contributed by atoms with Crippen LogP contribution in [0.5, 0.6) is 0 Å². The molecule has 0 radical (unpaired) electrons. The highest BCUT2D eigenvalue weighted by Gasteiger charge is 2.29. The molecule has 0 aromatic carbocycles. The molecule has 0 saturated heterocycles. The van der Waals surface area contributed by atoms with Crippen molar-refractivity contribution in [2.24, 2.45) is 5.92 Å². The number of rotatable bonds is 53. The van der Waals surface area contributed by atoms with Crippen LogP contribution in [-0.2, 0) is 9.59 Å². The summed E-state index contributed by atoms with van der Waals surface area (Å²) in [5.41, 5.74) is 0. The predicted molar refractivity (Wildman–Crippen MR) is 303 cm³/mol. The summed E-state index contributed by atoms with van der Waals surface area (Å²) in [6.45, 7) is 17.6. The minimum atomic E-state index is -0.137. The van der Waals surface area contributed by atoms with Crippen LogP contribution >= 0.6 is 0 Å². The Kier molecular flexibility index (Phi) is 48.1. The molecule has 1 saturated carbocycles. The highest BCUT2D eigenvalue weighted by Crippen LogP contribution is 2.29. The van der Waals surface area contributed by atoms with Gasteiger partial charge in [-0.15, -0.1) is 0 Å². The molecule has 0 heterocycles. The summed E-state index contributed by atoms with van der Waals surface area (Å²) in [5, 5.41) is 10.5. The fourth-order valence-electron chi connectivity index (χ4n) is 11.2. The molecule has 0 aliphatic heterocycles. The number of amides is 2. The topological polar surface area (TPSA) is 64.1 Å². The molecule has 410 valence electrons. The molecular weight excluding hydrogens is 847 g/mol. The third-order valence-electron chi connectivity index (χ3n) is 16.1. The summed E-state index contributed by atoms with van der Waals surface area (Å²) in [5.74, 6) is 1.22. The number of hydrogen-bond acceptors (Lipinski definition) is 4. The van der Waals surface area contributed by atoms with Crippen molar-refractivity contribution in [3.63, 3.8) is 0 Å². The molecule has 1 aliphatic carbocycles. The highest BCUT2D eigenvalue weighted by molar-refractivity contribution is 5.76. The van der Waals surface area contributed by atoms with E-state index in [1.54, 1.807) is 0 Å². The van der Waals surface area contributed by atoms with Gasteiger partial charge in [0.25, 0.3) is 0 Å². The lowest BCUT2D eigenvalue weighted by Crippen LogP contribution is -2.43. The summed E-state index contributed by atoms with van der Waals surface area (Å²) in [6.07, 6.45) is 58.6. The Hall–Kier alpha value is -1.14. The van der Waals surface area contributed by atoms with Crippen molar-refractivity contribution in [2.75, 3.05) is 39.3 Å². The van der Waals surface area contributed by atoms with Crippen LogP contribution in [0.15, 0.2) is 0 Å². The summed E-state index contributed by atoms with van der Waals surface area (Å²) in [6, 6.07) is 0.597. The fourth-order valence-corrected chi connectivity index (χ4v) is 11.2. The second-order valence-corrected chi connectivity index (χ2v) is 22.7. The third kappa shape index (κ3) is 40.0. The molecule has 2 amide bonds. The zero-order valence-corrected chi connectivity index (χ0v) is 47.8. The monoisotopic (exact) mass is 972 g/mol. The lowest BCUT2D eigenvalue weighted by molar-refractivity contribution is -0.132. The van der Waals surface area contributed by atoms with Crippen LogP contribution in [0.2, 0.25) is 0 Å². The first-order valence-corrected chi connectivity index (χ1v) is 31.8. The molecular formula is C63H125N3O3. The van der Waals surface area contributed by atoms with Gasteiger partial charge in [-0.05, 0) is 89.6 Å². The van der Waals surface area contributed by atoms with Crippen molar-refractivity contribution in [1.29, 1.82) is 0 Å². The first kappa shape index (κ1) is 65.9. The maximum absolute atomic E-state index is 13.5. The average molecular weight is 973 g/mol. The van der Waals surface area contributed by atoms with E-state index in [2.05, 4.69) is 49.3 Å². The van der Waals surface area contributed by atoms with E-state index in [1.165, 1.54) is 270 Å². The van der Waals surface area contributed by atoms with Gasteiger partial charge in [0.05, 0.1) is 6.10 Å². The molecule has 1 rings (SSSR count). The van der Waals surface area contributed by atoms with E-state index in [-0.39, 0.29) is 6.10 Å². The van der Waals surface area contributed by atoms with Gasteiger partial charge >= 0.3 is 0 Å². The standard InChI is InChI=1S/C63H125N3O3/c1-6-10-14-18-22-26-34-44-54-65(55-45-35-27-23-19-15-11-7-2)62(68)48-40-32-30-38-42-52-64(60-50-51-61(67)59(5)58-60)53-43-39-31-33-41-49-63(69)66(56-46-36-28-24-20-16-12-8-3)57-47-37-29-25-21-17-13-9-4/h59-61,67H,6-58H2,1-5H3/t59-,60+,61+/m0/s1. The lowest BCUT2D eigenvalue weighted by atomic mass is 9.83. The minimum Gasteiger partial charge on any atom is -0.393 e. The third-order valence-corrected chi connectivity index (χ3v) is 16.1. The van der Waals surface area contributed by atoms with Crippen LogP contribution in [0.3, 0.4) is 0 Å². The Morgan fingerprint density at radius 3 is 0.870 bits per heavy atom. The molecule has 1 aliphatic rings. The number of carbonyl (C=O) groups excluding carboxylic acids is 2. The average Bonchev–Trinajstić information content (AvgIpc) is 3.35. The molecule has 0 spiro atoms. The second-order valence-electron chi connectivity index (χ2n) is 22.7. The van der Waals surface area contributed by atoms with Crippen LogP contribution in [0, 0.1) is 5.92 Å².